The maximum absolute atomic E-state index is 12.5. The van der Waals surface area contributed by atoms with Crippen molar-refractivity contribution in [2.45, 2.75) is 25.9 Å². The van der Waals surface area contributed by atoms with Crippen molar-refractivity contribution in [3.63, 3.8) is 0 Å². The zero-order valence-corrected chi connectivity index (χ0v) is 17.3. The van der Waals surface area contributed by atoms with Crippen LogP contribution in [0.1, 0.15) is 27.5 Å². The van der Waals surface area contributed by atoms with Crippen molar-refractivity contribution in [1.82, 2.24) is 15.6 Å². The van der Waals surface area contributed by atoms with Gasteiger partial charge < -0.3 is 10.6 Å². The third-order valence-electron chi connectivity index (χ3n) is 3.43. The van der Waals surface area contributed by atoms with Crippen LogP contribution < -0.4 is 10.6 Å². The minimum absolute atomic E-state index is 0.192. The maximum atomic E-state index is 12.5. The zero-order valence-electron chi connectivity index (χ0n) is 14.0. The molecule has 0 aliphatic carbocycles. The lowest BCUT2D eigenvalue weighted by molar-refractivity contribution is -0.123. The third kappa shape index (κ3) is 6.13. The molecule has 2 N–H and O–H groups in total. The Hall–Kier alpha value is -1.38. The minimum Gasteiger partial charge on any atom is -0.348 e. The summed E-state index contributed by atoms with van der Waals surface area (Å²) in [6, 6.07) is 6.59. The number of rotatable bonds is 8. The summed E-state index contributed by atoms with van der Waals surface area (Å²) in [7, 11) is 0. The smallest absolute Gasteiger partial charge is 0.253 e. The second-order valence-electron chi connectivity index (χ2n) is 5.39. The molecular weight excluding hydrogens is 422 g/mol. The number of nitrogens with one attached hydrogen (secondary N) is 2. The van der Waals surface area contributed by atoms with Crippen molar-refractivity contribution in [2.24, 2.45) is 0 Å². The number of amides is 2. The molecule has 25 heavy (non-hydrogen) atoms. The summed E-state index contributed by atoms with van der Waals surface area (Å²) < 4.78 is 0.704. The standard InChI is InChI=1S/C17H20BrN3O2S2/c1-11-10-25-15(20-11)9-19-17(23)14(7-8-24-2)21-16(22)12-5-3-4-6-13(12)18/h3-6,10,14H,7-9H2,1-2H3,(H,19,23)(H,21,22). The molecule has 0 aliphatic heterocycles. The molecule has 1 aromatic carbocycles. The minimum atomic E-state index is -0.576. The quantitative estimate of drug-likeness (QED) is 0.658. The Bertz CT molecular complexity index is 736. The van der Waals surface area contributed by atoms with Crippen LogP contribution >= 0.6 is 39.0 Å². The lowest BCUT2D eigenvalue weighted by Gasteiger charge is -2.18. The van der Waals surface area contributed by atoms with Gasteiger partial charge in [-0.1, -0.05) is 12.1 Å². The summed E-state index contributed by atoms with van der Waals surface area (Å²) >= 11 is 6.52. The number of hydrogen-bond donors (Lipinski definition) is 2. The van der Waals surface area contributed by atoms with E-state index in [2.05, 4.69) is 31.5 Å². The van der Waals surface area contributed by atoms with Gasteiger partial charge in [-0.25, -0.2) is 4.98 Å². The molecule has 1 aromatic heterocycles. The molecule has 0 spiro atoms. The molecule has 2 amide bonds. The Morgan fingerprint density at radius 3 is 2.76 bits per heavy atom. The van der Waals surface area contributed by atoms with Gasteiger partial charge in [-0.15, -0.1) is 11.3 Å². The summed E-state index contributed by atoms with van der Waals surface area (Å²) in [5.74, 6) is 0.325. The number of nitrogens with zero attached hydrogens (tertiary/aromatic N) is 1. The summed E-state index contributed by atoms with van der Waals surface area (Å²) in [6.07, 6.45) is 2.54. The molecule has 0 aliphatic rings. The molecule has 5 nitrogen and oxygen atoms in total. The zero-order chi connectivity index (χ0) is 18.2. The first-order chi connectivity index (χ1) is 12.0. The van der Waals surface area contributed by atoms with Gasteiger partial charge >= 0.3 is 0 Å². The number of hydrogen-bond acceptors (Lipinski definition) is 5. The fourth-order valence-corrected chi connectivity index (χ4v) is 3.80. The van der Waals surface area contributed by atoms with Crippen molar-refractivity contribution in [3.8, 4) is 0 Å². The Labute approximate surface area is 164 Å². The van der Waals surface area contributed by atoms with E-state index in [4.69, 9.17) is 0 Å². The van der Waals surface area contributed by atoms with Crippen LogP contribution in [0.3, 0.4) is 0 Å². The van der Waals surface area contributed by atoms with Gasteiger partial charge in [-0.2, -0.15) is 11.8 Å². The average molecular weight is 442 g/mol. The molecule has 0 saturated heterocycles. The number of carbonyl (C=O) groups is 2. The van der Waals surface area contributed by atoms with Gasteiger partial charge in [0.2, 0.25) is 5.91 Å². The van der Waals surface area contributed by atoms with E-state index < -0.39 is 6.04 Å². The van der Waals surface area contributed by atoms with Crippen molar-refractivity contribution < 1.29 is 9.59 Å². The molecular formula is C17H20BrN3O2S2. The molecule has 0 radical (unpaired) electrons. The summed E-state index contributed by atoms with van der Waals surface area (Å²) in [5, 5.41) is 8.50. The van der Waals surface area contributed by atoms with Crippen LogP contribution in [0.4, 0.5) is 0 Å². The van der Waals surface area contributed by atoms with Crippen LogP contribution in [0.15, 0.2) is 34.1 Å². The first-order valence-corrected chi connectivity index (χ1v) is 10.8. The van der Waals surface area contributed by atoms with E-state index in [0.717, 1.165) is 16.5 Å². The summed E-state index contributed by atoms with van der Waals surface area (Å²) in [5.41, 5.74) is 1.45. The Morgan fingerprint density at radius 2 is 2.12 bits per heavy atom. The van der Waals surface area contributed by atoms with E-state index in [1.807, 2.05) is 24.6 Å². The number of thiazole rings is 1. The maximum Gasteiger partial charge on any atom is 0.253 e. The normalized spacial score (nSPS) is 11.8. The van der Waals surface area contributed by atoms with Crippen LogP contribution in [0.2, 0.25) is 0 Å². The van der Waals surface area contributed by atoms with Crippen LogP contribution in [-0.2, 0) is 11.3 Å². The third-order valence-corrected chi connectivity index (χ3v) is 5.73. The lowest BCUT2D eigenvalue weighted by atomic mass is 10.1. The number of carbonyl (C=O) groups excluding carboxylic acids is 2. The van der Waals surface area contributed by atoms with Gasteiger partial charge in [0.25, 0.3) is 5.91 Å². The molecule has 2 rings (SSSR count). The van der Waals surface area contributed by atoms with Crippen LogP contribution in [-0.4, -0.2) is 34.8 Å². The van der Waals surface area contributed by atoms with Crippen molar-refractivity contribution in [3.05, 3.63) is 50.4 Å². The van der Waals surface area contributed by atoms with E-state index in [1.54, 1.807) is 30.0 Å². The first kappa shape index (κ1) is 19.9. The molecule has 0 bridgehead atoms. The van der Waals surface area contributed by atoms with Gasteiger partial charge in [0.15, 0.2) is 0 Å². The Morgan fingerprint density at radius 1 is 1.36 bits per heavy atom. The number of benzene rings is 1. The summed E-state index contributed by atoms with van der Waals surface area (Å²) in [4.78, 5) is 29.3. The van der Waals surface area contributed by atoms with Crippen LogP contribution in [0, 0.1) is 6.92 Å². The molecule has 134 valence electrons. The molecule has 2 aromatic rings. The number of aryl methyl sites for hydroxylation is 1. The topological polar surface area (TPSA) is 71.1 Å². The fourth-order valence-electron chi connectivity index (χ4n) is 2.16. The van der Waals surface area contributed by atoms with E-state index >= 15 is 0 Å². The number of aromatic nitrogens is 1. The highest BCUT2D eigenvalue weighted by Crippen LogP contribution is 2.16. The Kier molecular flexibility index (Phi) is 7.92. The first-order valence-electron chi connectivity index (χ1n) is 7.74. The second-order valence-corrected chi connectivity index (χ2v) is 8.17. The molecule has 1 unspecified atom stereocenters. The van der Waals surface area contributed by atoms with Crippen molar-refractivity contribution >= 4 is 50.8 Å². The van der Waals surface area contributed by atoms with Gasteiger partial charge in [0.05, 0.1) is 12.1 Å². The van der Waals surface area contributed by atoms with Gasteiger partial charge in [-0.05, 0) is 53.4 Å². The monoisotopic (exact) mass is 441 g/mol. The molecule has 0 fully saturated rings. The molecule has 0 saturated carbocycles. The van der Waals surface area contributed by atoms with E-state index in [1.165, 1.54) is 11.3 Å². The number of halogens is 1. The fraction of sp³-hybridized carbons (Fsp3) is 0.353. The van der Waals surface area contributed by atoms with E-state index in [-0.39, 0.29) is 11.8 Å². The van der Waals surface area contributed by atoms with E-state index in [9.17, 15) is 9.59 Å². The summed E-state index contributed by atoms with van der Waals surface area (Å²) in [6.45, 7) is 2.29. The average Bonchev–Trinajstić information content (AvgIpc) is 3.02. The van der Waals surface area contributed by atoms with Crippen LogP contribution in [0.25, 0.3) is 0 Å². The molecule has 8 heteroatoms. The van der Waals surface area contributed by atoms with Gasteiger partial charge in [0.1, 0.15) is 11.0 Å². The van der Waals surface area contributed by atoms with Crippen LogP contribution in [0.5, 0.6) is 0 Å². The molecule has 1 atom stereocenters. The molecule has 1 heterocycles. The highest BCUT2D eigenvalue weighted by molar-refractivity contribution is 9.10. The Balaban J connectivity index is 2.00. The van der Waals surface area contributed by atoms with Crippen molar-refractivity contribution in [2.75, 3.05) is 12.0 Å². The van der Waals surface area contributed by atoms with E-state index in [0.29, 0.717) is 23.0 Å². The largest absolute Gasteiger partial charge is 0.348 e. The lowest BCUT2D eigenvalue weighted by Crippen LogP contribution is -2.47. The number of thioether (sulfide) groups is 1. The van der Waals surface area contributed by atoms with Crippen molar-refractivity contribution in [1.29, 1.82) is 0 Å². The predicted octanol–water partition coefficient (Wildman–Crippen LogP) is 3.38. The highest BCUT2D eigenvalue weighted by Gasteiger charge is 2.22. The van der Waals surface area contributed by atoms with Gasteiger partial charge in [0, 0.05) is 15.5 Å². The second kappa shape index (κ2) is 9.94. The SMILES string of the molecule is CSCCC(NC(=O)c1ccccc1Br)C(=O)NCc1nc(C)cs1. The highest BCUT2D eigenvalue weighted by atomic mass is 79.9. The predicted molar refractivity (Wildman–Crippen MR) is 107 cm³/mol. The van der Waals surface area contributed by atoms with Gasteiger partial charge in [-0.3, -0.25) is 9.59 Å².